The molecule has 0 aromatic heterocycles. The highest BCUT2D eigenvalue weighted by molar-refractivity contribution is 6.04. The Morgan fingerprint density at radius 2 is 1.57 bits per heavy atom. The fraction of sp³-hybridized carbons (Fsp3) is 0.333. The average Bonchev–Trinajstić information content (AvgIpc) is 2.96. The second-order valence-corrected chi connectivity index (χ2v) is 9.85. The van der Waals surface area contributed by atoms with Crippen LogP contribution in [-0.4, -0.2) is 77.3 Å². The largest absolute Gasteiger partial charge is 0.495 e. The van der Waals surface area contributed by atoms with Gasteiger partial charge in [-0.25, -0.2) is 9.18 Å². The van der Waals surface area contributed by atoms with E-state index in [9.17, 15) is 14.0 Å². The van der Waals surface area contributed by atoms with Gasteiger partial charge in [-0.1, -0.05) is 24.3 Å². The summed E-state index contributed by atoms with van der Waals surface area (Å²) in [6, 6.07) is 18.6. The number of benzene rings is 3. The summed E-state index contributed by atoms with van der Waals surface area (Å²) in [5, 5.41) is 8.25. The molecular formula is C30H37FN6O3. The lowest BCUT2D eigenvalue weighted by molar-refractivity contribution is 0.0952. The maximum absolute atomic E-state index is 14.0. The van der Waals surface area contributed by atoms with E-state index < -0.39 is 11.8 Å². The van der Waals surface area contributed by atoms with Crippen molar-refractivity contribution in [1.29, 1.82) is 0 Å². The van der Waals surface area contributed by atoms with Gasteiger partial charge in [-0.3, -0.25) is 4.79 Å². The van der Waals surface area contributed by atoms with E-state index in [1.54, 1.807) is 31.4 Å². The van der Waals surface area contributed by atoms with Gasteiger partial charge in [-0.15, -0.1) is 0 Å². The molecule has 9 nitrogen and oxygen atoms in total. The molecule has 0 saturated carbocycles. The van der Waals surface area contributed by atoms with E-state index >= 15 is 0 Å². The molecule has 0 spiro atoms. The lowest BCUT2D eigenvalue weighted by Crippen LogP contribution is -2.47. The summed E-state index contributed by atoms with van der Waals surface area (Å²) in [5.74, 6) is 0.0926. The number of carbonyl (C=O) groups excluding carboxylic acids is 2. The van der Waals surface area contributed by atoms with Crippen molar-refractivity contribution >= 4 is 34.7 Å². The van der Waals surface area contributed by atoms with Crippen LogP contribution < -0.4 is 30.5 Å². The lowest BCUT2D eigenvalue weighted by atomic mass is 10.1. The Balaban J connectivity index is 1.50. The number of methoxy groups -OCH3 is 1. The van der Waals surface area contributed by atoms with Crippen LogP contribution in [-0.2, 0) is 0 Å². The molecule has 3 aromatic rings. The third-order valence-corrected chi connectivity index (χ3v) is 6.73. The van der Waals surface area contributed by atoms with E-state index in [1.165, 1.54) is 12.1 Å². The zero-order valence-corrected chi connectivity index (χ0v) is 23.2. The van der Waals surface area contributed by atoms with Crippen molar-refractivity contribution in [2.45, 2.75) is 6.42 Å². The number of halogens is 1. The molecule has 1 aliphatic heterocycles. The third kappa shape index (κ3) is 7.41. The number of nitrogens with zero attached hydrogens (tertiary/aromatic N) is 3. The Labute approximate surface area is 234 Å². The third-order valence-electron chi connectivity index (χ3n) is 6.73. The maximum atomic E-state index is 14.0. The Hall–Kier alpha value is -4.31. The number of ether oxygens (including phenoxy) is 1. The van der Waals surface area contributed by atoms with Crippen LogP contribution in [0.3, 0.4) is 0 Å². The van der Waals surface area contributed by atoms with Crippen molar-refractivity contribution < 1.29 is 18.7 Å². The Bertz CT molecular complexity index is 1310. The minimum atomic E-state index is -0.597. The first-order valence-corrected chi connectivity index (χ1v) is 13.4. The van der Waals surface area contributed by atoms with Crippen molar-refractivity contribution in [3.63, 3.8) is 0 Å². The van der Waals surface area contributed by atoms with Gasteiger partial charge < -0.3 is 35.4 Å². The van der Waals surface area contributed by atoms with Crippen LogP contribution in [0.25, 0.3) is 0 Å². The number of carbonyl (C=O) groups is 2. The summed E-state index contributed by atoms with van der Waals surface area (Å²) in [6.07, 6.45) is 0.814. The van der Waals surface area contributed by atoms with Crippen molar-refractivity contribution in [2.24, 2.45) is 0 Å². The highest BCUT2D eigenvalue weighted by Gasteiger charge is 2.24. The van der Waals surface area contributed by atoms with Crippen molar-refractivity contribution in [2.75, 3.05) is 80.9 Å². The zero-order chi connectivity index (χ0) is 28.5. The van der Waals surface area contributed by atoms with Gasteiger partial charge in [0, 0.05) is 44.1 Å². The van der Waals surface area contributed by atoms with Gasteiger partial charge in [0.25, 0.3) is 5.91 Å². The van der Waals surface area contributed by atoms with Crippen LogP contribution in [0.4, 0.5) is 31.9 Å². The first kappa shape index (κ1) is 28.7. The number of amides is 3. The Kier molecular flexibility index (Phi) is 9.80. The summed E-state index contributed by atoms with van der Waals surface area (Å²) >= 11 is 0. The van der Waals surface area contributed by atoms with Gasteiger partial charge in [0.05, 0.1) is 24.0 Å². The number of anilines is 4. The zero-order valence-electron chi connectivity index (χ0n) is 23.2. The molecule has 10 heteroatoms. The van der Waals surface area contributed by atoms with Crippen molar-refractivity contribution in [3.8, 4) is 5.75 Å². The lowest BCUT2D eigenvalue weighted by Gasteiger charge is -2.38. The SMILES string of the molecule is COc1ccccc1N1CCN(c2ccc(NC(=O)Nc3ccccc3F)cc2C(=O)NCCCN(C)C)CC1. The highest BCUT2D eigenvalue weighted by Crippen LogP contribution is 2.31. The molecule has 1 heterocycles. The minimum Gasteiger partial charge on any atom is -0.495 e. The molecular weight excluding hydrogens is 511 g/mol. The highest BCUT2D eigenvalue weighted by atomic mass is 19.1. The molecule has 212 valence electrons. The monoisotopic (exact) mass is 548 g/mol. The predicted molar refractivity (Wildman–Crippen MR) is 158 cm³/mol. The Morgan fingerprint density at radius 3 is 2.27 bits per heavy atom. The number of hydrogen-bond donors (Lipinski definition) is 3. The van der Waals surface area contributed by atoms with Gasteiger partial charge in [0.2, 0.25) is 0 Å². The van der Waals surface area contributed by atoms with E-state index in [1.807, 2.05) is 44.4 Å². The average molecular weight is 549 g/mol. The molecule has 3 amide bonds. The van der Waals surface area contributed by atoms with E-state index in [4.69, 9.17) is 4.74 Å². The standard InChI is InChI=1S/C30H37FN6O3/c1-35(2)16-8-15-32-29(38)23-21-22(33-30(39)34-25-10-5-4-9-24(25)31)13-14-26(23)36-17-19-37(20-18-36)27-11-6-7-12-28(27)40-3/h4-7,9-14,21H,8,15-20H2,1-3H3,(H,32,38)(H2,33,34,39). The summed E-state index contributed by atoms with van der Waals surface area (Å²) < 4.78 is 19.5. The summed E-state index contributed by atoms with van der Waals surface area (Å²) in [5.41, 5.74) is 2.82. The molecule has 0 unspecified atom stereocenters. The van der Waals surface area contributed by atoms with Crippen LogP contribution >= 0.6 is 0 Å². The van der Waals surface area contributed by atoms with Crippen LogP contribution in [0, 0.1) is 5.82 Å². The maximum Gasteiger partial charge on any atom is 0.323 e. The molecule has 1 saturated heterocycles. The number of piperazine rings is 1. The molecule has 0 radical (unpaired) electrons. The summed E-state index contributed by atoms with van der Waals surface area (Å²) in [6.45, 7) is 4.32. The van der Waals surface area contributed by atoms with Gasteiger partial charge in [0.15, 0.2) is 0 Å². The van der Waals surface area contributed by atoms with Gasteiger partial charge in [0.1, 0.15) is 11.6 Å². The molecule has 1 aliphatic rings. The molecule has 4 rings (SSSR count). The summed E-state index contributed by atoms with van der Waals surface area (Å²) in [7, 11) is 5.66. The number of urea groups is 1. The first-order chi connectivity index (χ1) is 19.4. The first-order valence-electron chi connectivity index (χ1n) is 13.4. The van der Waals surface area contributed by atoms with Crippen LogP contribution in [0.5, 0.6) is 5.75 Å². The number of nitrogens with one attached hydrogen (secondary N) is 3. The number of hydrogen-bond acceptors (Lipinski definition) is 6. The summed E-state index contributed by atoms with van der Waals surface area (Å²) in [4.78, 5) is 32.4. The molecule has 40 heavy (non-hydrogen) atoms. The van der Waals surface area contributed by atoms with Crippen LogP contribution in [0.1, 0.15) is 16.8 Å². The normalized spacial score (nSPS) is 13.2. The predicted octanol–water partition coefficient (Wildman–Crippen LogP) is 4.49. The van der Waals surface area contributed by atoms with Crippen LogP contribution in [0.15, 0.2) is 66.7 Å². The van der Waals surface area contributed by atoms with Gasteiger partial charge in [-0.2, -0.15) is 0 Å². The Morgan fingerprint density at radius 1 is 0.900 bits per heavy atom. The molecule has 3 N–H and O–H groups in total. The topological polar surface area (TPSA) is 89.2 Å². The number of rotatable bonds is 10. The molecule has 0 atom stereocenters. The van der Waals surface area contributed by atoms with Crippen LogP contribution in [0.2, 0.25) is 0 Å². The second kappa shape index (κ2) is 13.7. The van der Waals surface area contributed by atoms with E-state index in [0.717, 1.165) is 43.2 Å². The molecule has 0 bridgehead atoms. The second-order valence-electron chi connectivity index (χ2n) is 9.85. The van der Waals surface area contributed by atoms with Crippen molar-refractivity contribution in [1.82, 2.24) is 10.2 Å². The van der Waals surface area contributed by atoms with E-state index in [0.29, 0.717) is 30.9 Å². The van der Waals surface area contributed by atoms with Crippen molar-refractivity contribution in [3.05, 3.63) is 78.1 Å². The smallest absolute Gasteiger partial charge is 0.323 e. The van der Waals surface area contributed by atoms with E-state index in [-0.39, 0.29) is 11.6 Å². The fourth-order valence-corrected chi connectivity index (χ4v) is 4.69. The molecule has 3 aromatic carbocycles. The van der Waals surface area contributed by atoms with Gasteiger partial charge >= 0.3 is 6.03 Å². The molecule has 1 fully saturated rings. The van der Waals surface area contributed by atoms with Gasteiger partial charge in [-0.05, 0) is 69.5 Å². The number of para-hydroxylation sites is 3. The fourth-order valence-electron chi connectivity index (χ4n) is 4.69. The quantitative estimate of drug-likeness (QED) is 0.324. The molecule has 0 aliphatic carbocycles. The minimum absolute atomic E-state index is 0.0726. The van der Waals surface area contributed by atoms with E-state index in [2.05, 4.69) is 30.7 Å².